The van der Waals surface area contributed by atoms with E-state index in [0.717, 1.165) is 56.2 Å². The molecule has 1 aromatic heterocycles. The first kappa shape index (κ1) is 19.8. The van der Waals surface area contributed by atoms with Crippen molar-refractivity contribution < 1.29 is 19.1 Å². The summed E-state index contributed by atoms with van der Waals surface area (Å²) >= 11 is 0. The Morgan fingerprint density at radius 2 is 2.00 bits per heavy atom. The molecule has 3 aliphatic heterocycles. The van der Waals surface area contributed by atoms with Crippen LogP contribution in [0.15, 0.2) is 24.4 Å². The largest absolute Gasteiger partial charge is 0.379 e. The lowest BCUT2D eigenvalue weighted by molar-refractivity contribution is -0.136. The summed E-state index contributed by atoms with van der Waals surface area (Å²) in [5.41, 5.74) is 3.05. The van der Waals surface area contributed by atoms with Gasteiger partial charge in [-0.25, -0.2) is 4.68 Å². The second-order valence-corrected chi connectivity index (χ2v) is 8.06. The average molecular weight is 424 g/mol. The van der Waals surface area contributed by atoms with Gasteiger partial charge in [-0.15, -0.1) is 5.10 Å². The van der Waals surface area contributed by atoms with Crippen LogP contribution in [0.3, 0.4) is 0 Å². The van der Waals surface area contributed by atoms with Crippen LogP contribution in [0.25, 0.3) is 5.69 Å². The number of aromatic nitrogens is 3. The average Bonchev–Trinajstić information content (AvgIpc) is 3.38. The molecule has 1 atom stereocenters. The number of nitrogens with one attached hydrogen (secondary N) is 1. The number of hydrogen-bond donors (Lipinski definition) is 1. The van der Waals surface area contributed by atoms with E-state index >= 15 is 0 Å². The number of nitrogens with zero attached hydrogens (tertiary/aromatic N) is 5. The monoisotopic (exact) mass is 424 g/mol. The molecule has 3 aliphatic rings. The maximum absolute atomic E-state index is 13.0. The van der Waals surface area contributed by atoms with Crippen molar-refractivity contribution >= 4 is 17.7 Å². The Hall–Kier alpha value is -3.11. The third-order valence-corrected chi connectivity index (χ3v) is 6.13. The molecule has 162 valence electrons. The lowest BCUT2D eigenvalue weighted by atomic mass is 10.0. The number of hydrogen-bond acceptors (Lipinski definition) is 7. The van der Waals surface area contributed by atoms with E-state index in [1.54, 1.807) is 15.6 Å². The van der Waals surface area contributed by atoms with Crippen molar-refractivity contribution in [3.05, 3.63) is 41.2 Å². The normalized spacial score (nSPS) is 22.0. The van der Waals surface area contributed by atoms with Crippen LogP contribution in [-0.2, 0) is 27.3 Å². The highest BCUT2D eigenvalue weighted by atomic mass is 16.5. The van der Waals surface area contributed by atoms with Crippen molar-refractivity contribution in [2.24, 2.45) is 0 Å². The fourth-order valence-corrected chi connectivity index (χ4v) is 4.41. The Balaban J connectivity index is 1.33. The van der Waals surface area contributed by atoms with Crippen LogP contribution >= 0.6 is 0 Å². The summed E-state index contributed by atoms with van der Waals surface area (Å²) in [5.74, 6) is -0.901. The van der Waals surface area contributed by atoms with E-state index in [2.05, 4.69) is 20.5 Å². The molecular formula is C21H24N6O4. The van der Waals surface area contributed by atoms with E-state index in [9.17, 15) is 14.4 Å². The van der Waals surface area contributed by atoms with E-state index in [4.69, 9.17) is 4.74 Å². The smallest absolute Gasteiger partial charge is 0.255 e. The summed E-state index contributed by atoms with van der Waals surface area (Å²) < 4.78 is 7.09. The molecule has 0 saturated carbocycles. The molecule has 1 aromatic carbocycles. The Labute approximate surface area is 179 Å². The maximum atomic E-state index is 13.0. The number of fused-ring (bicyclic) bond motifs is 1. The van der Waals surface area contributed by atoms with Crippen LogP contribution in [0.5, 0.6) is 0 Å². The number of morpholine rings is 1. The Bertz CT molecular complexity index is 1030. The minimum absolute atomic E-state index is 0.195. The minimum Gasteiger partial charge on any atom is -0.379 e. The fraction of sp³-hybridized carbons (Fsp3) is 0.476. The standard InChI is InChI=1S/C21H24N6O4/c28-19-5-4-18(20(29)22-19)26-13-16-15(21(26)30)2-1-3-17(16)27-12-14(23-24-27)6-7-25-8-10-31-11-9-25/h1-3,12,18H,4-11,13H2,(H,22,28,29). The third-order valence-electron chi connectivity index (χ3n) is 6.13. The zero-order chi connectivity index (χ0) is 21.4. The van der Waals surface area contributed by atoms with Gasteiger partial charge in [0.05, 0.1) is 30.8 Å². The molecule has 2 saturated heterocycles. The van der Waals surface area contributed by atoms with Gasteiger partial charge < -0.3 is 9.64 Å². The molecule has 31 heavy (non-hydrogen) atoms. The number of carbonyl (C=O) groups excluding carboxylic acids is 3. The summed E-state index contributed by atoms with van der Waals surface area (Å²) in [4.78, 5) is 40.6. The zero-order valence-corrected chi connectivity index (χ0v) is 17.1. The molecule has 1 unspecified atom stereocenters. The first-order valence-corrected chi connectivity index (χ1v) is 10.6. The van der Waals surface area contributed by atoms with E-state index in [0.29, 0.717) is 18.5 Å². The van der Waals surface area contributed by atoms with Gasteiger partial charge in [-0.2, -0.15) is 0 Å². The first-order chi connectivity index (χ1) is 15.1. The molecule has 4 heterocycles. The molecule has 10 heteroatoms. The fourth-order valence-electron chi connectivity index (χ4n) is 4.41. The van der Waals surface area contributed by atoms with Crippen LogP contribution in [0.4, 0.5) is 0 Å². The molecule has 0 aliphatic carbocycles. The molecule has 0 radical (unpaired) electrons. The lowest BCUT2D eigenvalue weighted by Crippen LogP contribution is -2.52. The number of ether oxygens (including phenoxy) is 1. The van der Waals surface area contributed by atoms with E-state index < -0.39 is 11.9 Å². The SMILES string of the molecule is O=C1CCC(N2Cc3c(cccc3-n3cc(CCN4CCOCC4)nn3)C2=O)C(=O)N1. The minimum atomic E-state index is -0.634. The number of benzene rings is 1. The van der Waals surface area contributed by atoms with Gasteiger partial charge in [-0.3, -0.25) is 24.6 Å². The van der Waals surface area contributed by atoms with Crippen molar-refractivity contribution in [2.75, 3.05) is 32.8 Å². The number of imide groups is 1. The Kier molecular flexibility index (Phi) is 5.24. The molecule has 5 rings (SSSR count). The van der Waals surface area contributed by atoms with E-state index in [1.165, 1.54) is 0 Å². The topological polar surface area (TPSA) is 110 Å². The van der Waals surface area contributed by atoms with Gasteiger partial charge in [0.15, 0.2) is 0 Å². The van der Waals surface area contributed by atoms with Gasteiger partial charge in [-0.1, -0.05) is 11.3 Å². The molecule has 1 N–H and O–H groups in total. The van der Waals surface area contributed by atoms with Gasteiger partial charge in [0.1, 0.15) is 6.04 Å². The maximum Gasteiger partial charge on any atom is 0.255 e. The van der Waals surface area contributed by atoms with Gasteiger partial charge in [0.25, 0.3) is 5.91 Å². The molecule has 0 bridgehead atoms. The van der Waals surface area contributed by atoms with Gasteiger partial charge >= 0.3 is 0 Å². The number of piperidine rings is 1. The summed E-state index contributed by atoms with van der Waals surface area (Å²) in [6.45, 7) is 4.59. The van der Waals surface area contributed by atoms with Gasteiger partial charge in [-0.05, 0) is 18.6 Å². The summed E-state index contributed by atoms with van der Waals surface area (Å²) in [7, 11) is 0. The van der Waals surface area contributed by atoms with Crippen LogP contribution in [0, 0.1) is 0 Å². The summed E-state index contributed by atoms with van der Waals surface area (Å²) in [6.07, 6.45) is 3.26. The number of amides is 3. The molecule has 0 spiro atoms. The predicted molar refractivity (Wildman–Crippen MR) is 108 cm³/mol. The van der Waals surface area contributed by atoms with Crippen LogP contribution < -0.4 is 5.32 Å². The lowest BCUT2D eigenvalue weighted by Gasteiger charge is -2.29. The summed E-state index contributed by atoms with van der Waals surface area (Å²) in [6, 6.07) is 4.85. The second-order valence-electron chi connectivity index (χ2n) is 8.06. The van der Waals surface area contributed by atoms with Crippen molar-refractivity contribution in [3.8, 4) is 5.69 Å². The van der Waals surface area contributed by atoms with Crippen molar-refractivity contribution in [2.45, 2.75) is 31.8 Å². The van der Waals surface area contributed by atoms with Crippen LogP contribution in [0.2, 0.25) is 0 Å². The van der Waals surface area contributed by atoms with Crippen molar-refractivity contribution in [1.29, 1.82) is 0 Å². The molecule has 2 aromatic rings. The van der Waals surface area contributed by atoms with Gasteiger partial charge in [0, 0.05) is 50.1 Å². The van der Waals surface area contributed by atoms with Crippen LogP contribution in [-0.4, -0.2) is 81.4 Å². The highest BCUT2D eigenvalue weighted by molar-refractivity contribution is 6.05. The predicted octanol–water partition coefficient (Wildman–Crippen LogP) is -0.0970. The highest BCUT2D eigenvalue weighted by Crippen LogP contribution is 2.31. The van der Waals surface area contributed by atoms with E-state index in [1.807, 2.05) is 18.3 Å². The molecule has 10 nitrogen and oxygen atoms in total. The zero-order valence-electron chi connectivity index (χ0n) is 17.1. The Morgan fingerprint density at radius 3 is 2.81 bits per heavy atom. The number of carbonyl (C=O) groups is 3. The first-order valence-electron chi connectivity index (χ1n) is 10.6. The molecule has 2 fully saturated rings. The summed E-state index contributed by atoms with van der Waals surface area (Å²) in [5, 5.41) is 10.9. The quantitative estimate of drug-likeness (QED) is 0.668. The highest BCUT2D eigenvalue weighted by Gasteiger charge is 2.40. The van der Waals surface area contributed by atoms with Crippen LogP contribution in [0.1, 0.15) is 34.5 Å². The second kappa shape index (κ2) is 8.20. The van der Waals surface area contributed by atoms with Gasteiger partial charge in [0.2, 0.25) is 11.8 Å². The third kappa shape index (κ3) is 3.84. The molecular weight excluding hydrogens is 400 g/mol. The van der Waals surface area contributed by atoms with E-state index in [-0.39, 0.29) is 18.2 Å². The Morgan fingerprint density at radius 1 is 1.16 bits per heavy atom. The van der Waals surface area contributed by atoms with Crippen molar-refractivity contribution in [1.82, 2.24) is 30.1 Å². The van der Waals surface area contributed by atoms with Crippen molar-refractivity contribution in [3.63, 3.8) is 0 Å². The molecule has 3 amide bonds. The number of rotatable bonds is 5.